The van der Waals surface area contributed by atoms with Crippen molar-refractivity contribution in [2.75, 3.05) is 6.61 Å². The largest absolute Gasteiger partial charge is 0.396 e. The maximum atomic E-state index is 8.79. The third kappa shape index (κ3) is 4.69. The van der Waals surface area contributed by atoms with Crippen molar-refractivity contribution in [1.29, 1.82) is 0 Å². The first kappa shape index (κ1) is 15.1. The Kier molecular flexibility index (Phi) is 6.16. The number of aryl methyl sites for hydroxylation is 1. The molecule has 1 unspecified atom stereocenters. The van der Waals surface area contributed by atoms with E-state index in [1.54, 1.807) is 0 Å². The van der Waals surface area contributed by atoms with E-state index in [1.807, 2.05) is 11.8 Å². The quantitative estimate of drug-likeness (QED) is 0.579. The van der Waals surface area contributed by atoms with E-state index < -0.39 is 0 Å². The standard InChI is InChI=1S/C18H22OS/c1-15(17-8-3-2-4-9-17)20-18-12-10-16(11-13-18)7-5-6-14-19/h2-4,8-13,15,19H,5-7,14H2,1H3. The topological polar surface area (TPSA) is 20.2 Å². The van der Waals surface area contributed by atoms with Crippen LogP contribution in [0.1, 0.15) is 36.1 Å². The van der Waals surface area contributed by atoms with Gasteiger partial charge in [-0.1, -0.05) is 42.5 Å². The Morgan fingerprint density at radius 1 is 0.950 bits per heavy atom. The van der Waals surface area contributed by atoms with Crippen LogP contribution in [0.25, 0.3) is 0 Å². The average Bonchev–Trinajstić information content (AvgIpc) is 2.50. The van der Waals surface area contributed by atoms with Crippen LogP contribution in [-0.2, 0) is 6.42 Å². The van der Waals surface area contributed by atoms with E-state index in [2.05, 4.69) is 61.5 Å². The molecule has 106 valence electrons. The van der Waals surface area contributed by atoms with Crippen LogP contribution in [0.4, 0.5) is 0 Å². The molecule has 2 heteroatoms. The predicted octanol–water partition coefficient (Wildman–Crippen LogP) is 4.85. The second-order valence-corrected chi connectivity index (χ2v) is 6.41. The minimum atomic E-state index is 0.294. The third-order valence-electron chi connectivity index (χ3n) is 3.38. The molecule has 2 aromatic rings. The zero-order valence-electron chi connectivity index (χ0n) is 12.0. The van der Waals surface area contributed by atoms with Gasteiger partial charge < -0.3 is 5.11 Å². The number of aliphatic hydroxyl groups excluding tert-OH is 1. The lowest BCUT2D eigenvalue weighted by Crippen LogP contribution is -1.90. The molecule has 0 fully saturated rings. The summed E-state index contributed by atoms with van der Waals surface area (Å²) in [5.41, 5.74) is 2.72. The van der Waals surface area contributed by atoms with Gasteiger partial charge in [0.25, 0.3) is 0 Å². The summed E-state index contributed by atoms with van der Waals surface area (Å²) in [7, 11) is 0. The Morgan fingerprint density at radius 2 is 1.65 bits per heavy atom. The highest BCUT2D eigenvalue weighted by molar-refractivity contribution is 7.99. The molecule has 20 heavy (non-hydrogen) atoms. The molecule has 0 heterocycles. The summed E-state index contributed by atoms with van der Waals surface area (Å²) in [5.74, 6) is 0. The zero-order valence-corrected chi connectivity index (χ0v) is 12.8. The molecule has 0 spiro atoms. The van der Waals surface area contributed by atoms with Gasteiger partial charge in [-0.15, -0.1) is 11.8 Å². The van der Waals surface area contributed by atoms with Crippen LogP contribution in [0.2, 0.25) is 0 Å². The van der Waals surface area contributed by atoms with E-state index in [0.717, 1.165) is 19.3 Å². The summed E-state index contributed by atoms with van der Waals surface area (Å²) in [4.78, 5) is 1.31. The SMILES string of the molecule is CC(Sc1ccc(CCCCO)cc1)c1ccccc1. The monoisotopic (exact) mass is 286 g/mol. The van der Waals surface area contributed by atoms with Crippen molar-refractivity contribution in [2.45, 2.75) is 36.3 Å². The number of aliphatic hydroxyl groups is 1. The molecule has 0 radical (unpaired) electrons. The normalized spacial score (nSPS) is 12.3. The van der Waals surface area contributed by atoms with Gasteiger partial charge >= 0.3 is 0 Å². The van der Waals surface area contributed by atoms with Gasteiger partial charge in [-0.2, -0.15) is 0 Å². The summed E-state index contributed by atoms with van der Waals surface area (Å²) in [6.45, 7) is 2.54. The van der Waals surface area contributed by atoms with E-state index in [9.17, 15) is 0 Å². The second-order valence-electron chi connectivity index (χ2n) is 5.00. The van der Waals surface area contributed by atoms with Gasteiger partial charge in [0.2, 0.25) is 0 Å². The van der Waals surface area contributed by atoms with Gasteiger partial charge in [0, 0.05) is 16.8 Å². The molecular weight excluding hydrogens is 264 g/mol. The molecule has 0 bridgehead atoms. The van der Waals surface area contributed by atoms with Crippen molar-refractivity contribution in [3.05, 3.63) is 65.7 Å². The van der Waals surface area contributed by atoms with Crippen LogP contribution >= 0.6 is 11.8 Å². The maximum Gasteiger partial charge on any atom is 0.0431 e. The fraction of sp³-hybridized carbons (Fsp3) is 0.333. The summed E-state index contributed by atoms with van der Waals surface area (Å²) < 4.78 is 0. The van der Waals surface area contributed by atoms with E-state index in [0.29, 0.717) is 11.9 Å². The summed E-state index contributed by atoms with van der Waals surface area (Å²) >= 11 is 1.89. The summed E-state index contributed by atoms with van der Waals surface area (Å²) in [6.07, 6.45) is 3.00. The zero-order chi connectivity index (χ0) is 14.2. The molecule has 0 amide bonds. The number of hydrogen-bond donors (Lipinski definition) is 1. The molecule has 0 aliphatic rings. The molecule has 0 saturated carbocycles. The molecule has 0 aromatic heterocycles. The lowest BCUT2D eigenvalue weighted by Gasteiger charge is -2.12. The fourth-order valence-corrected chi connectivity index (χ4v) is 3.17. The Bertz CT molecular complexity index is 493. The highest BCUT2D eigenvalue weighted by atomic mass is 32.2. The van der Waals surface area contributed by atoms with Gasteiger partial charge in [-0.25, -0.2) is 0 Å². The predicted molar refractivity (Wildman–Crippen MR) is 87.2 cm³/mol. The van der Waals surface area contributed by atoms with Gasteiger partial charge in [0.1, 0.15) is 0 Å². The van der Waals surface area contributed by atoms with E-state index in [4.69, 9.17) is 5.11 Å². The van der Waals surface area contributed by atoms with Crippen LogP contribution in [-0.4, -0.2) is 11.7 Å². The first-order chi connectivity index (χ1) is 9.79. The summed E-state index contributed by atoms with van der Waals surface area (Å²) in [5, 5.41) is 9.26. The average molecular weight is 286 g/mol. The smallest absolute Gasteiger partial charge is 0.0431 e. The summed E-state index contributed by atoms with van der Waals surface area (Å²) in [6, 6.07) is 19.4. The van der Waals surface area contributed by atoms with Crippen LogP contribution in [0.3, 0.4) is 0 Å². The molecule has 0 aliphatic heterocycles. The molecule has 1 N–H and O–H groups in total. The minimum Gasteiger partial charge on any atom is -0.396 e. The minimum absolute atomic E-state index is 0.294. The highest BCUT2D eigenvalue weighted by Crippen LogP contribution is 2.34. The van der Waals surface area contributed by atoms with Crippen LogP contribution in [0.15, 0.2) is 59.5 Å². The number of hydrogen-bond acceptors (Lipinski definition) is 2. The Labute approximate surface area is 126 Å². The molecule has 0 aliphatic carbocycles. The molecule has 0 saturated heterocycles. The second kappa shape index (κ2) is 8.13. The Balaban J connectivity index is 1.90. The molecule has 1 atom stereocenters. The lowest BCUT2D eigenvalue weighted by atomic mass is 10.1. The Hall–Kier alpha value is -1.25. The third-order valence-corrected chi connectivity index (χ3v) is 4.55. The number of unbranched alkanes of at least 4 members (excludes halogenated alkanes) is 1. The fourth-order valence-electron chi connectivity index (χ4n) is 2.17. The van der Waals surface area contributed by atoms with Gasteiger partial charge in [0.05, 0.1) is 0 Å². The van der Waals surface area contributed by atoms with E-state index >= 15 is 0 Å². The number of thioether (sulfide) groups is 1. The van der Waals surface area contributed by atoms with Crippen LogP contribution in [0, 0.1) is 0 Å². The van der Waals surface area contributed by atoms with Crippen LogP contribution < -0.4 is 0 Å². The van der Waals surface area contributed by atoms with Crippen molar-refractivity contribution >= 4 is 11.8 Å². The maximum absolute atomic E-state index is 8.79. The van der Waals surface area contributed by atoms with Gasteiger partial charge in [-0.05, 0) is 49.4 Å². The highest BCUT2D eigenvalue weighted by Gasteiger charge is 2.06. The molecule has 2 aromatic carbocycles. The molecule has 1 nitrogen and oxygen atoms in total. The van der Waals surface area contributed by atoms with Crippen molar-refractivity contribution in [2.24, 2.45) is 0 Å². The number of benzene rings is 2. The van der Waals surface area contributed by atoms with Crippen molar-refractivity contribution < 1.29 is 5.11 Å². The molecule has 2 rings (SSSR count). The first-order valence-electron chi connectivity index (χ1n) is 7.21. The first-order valence-corrected chi connectivity index (χ1v) is 8.09. The van der Waals surface area contributed by atoms with Crippen LogP contribution in [0.5, 0.6) is 0 Å². The van der Waals surface area contributed by atoms with E-state index in [-0.39, 0.29) is 0 Å². The van der Waals surface area contributed by atoms with Crippen molar-refractivity contribution in [1.82, 2.24) is 0 Å². The number of rotatable bonds is 7. The lowest BCUT2D eigenvalue weighted by molar-refractivity contribution is 0.284. The van der Waals surface area contributed by atoms with E-state index in [1.165, 1.54) is 16.0 Å². The van der Waals surface area contributed by atoms with Gasteiger partial charge in [-0.3, -0.25) is 0 Å². The van der Waals surface area contributed by atoms with Crippen molar-refractivity contribution in [3.8, 4) is 0 Å². The van der Waals surface area contributed by atoms with Crippen molar-refractivity contribution in [3.63, 3.8) is 0 Å². The Morgan fingerprint density at radius 3 is 2.30 bits per heavy atom. The molecular formula is C18H22OS. The van der Waals surface area contributed by atoms with Gasteiger partial charge in [0.15, 0.2) is 0 Å².